The van der Waals surface area contributed by atoms with E-state index in [-0.39, 0.29) is 24.1 Å². The summed E-state index contributed by atoms with van der Waals surface area (Å²) in [5.74, 6) is -1.72. The Kier molecular flexibility index (Phi) is 6.33. The number of fused-ring (bicyclic) bond motifs is 3. The first-order valence-corrected chi connectivity index (χ1v) is 13.9. The lowest BCUT2D eigenvalue weighted by molar-refractivity contribution is 0.0180. The van der Waals surface area contributed by atoms with Crippen LogP contribution in [0.25, 0.3) is 10.9 Å². The number of halogens is 3. The van der Waals surface area contributed by atoms with Gasteiger partial charge in [0.25, 0.3) is 0 Å². The fourth-order valence-electron chi connectivity index (χ4n) is 5.99. The molecule has 0 spiro atoms. The predicted octanol–water partition coefficient (Wildman–Crippen LogP) is 4.34. The molecule has 1 saturated heterocycles. The number of likely N-dealkylation sites (tertiary alicyclic amines) is 1. The number of benzene rings is 2. The van der Waals surface area contributed by atoms with E-state index in [9.17, 15) is 12.8 Å². The SMILES string of the molecule is C[C@@H]1Cc2c([nH]c3ccccc23)[C@](C)(c2c(F)cc(OC3CN(CCCF)C3)cc2F)N1S(C)(=O)=O. The Morgan fingerprint density at radius 1 is 1.17 bits per heavy atom. The molecule has 2 aliphatic rings. The molecule has 36 heavy (non-hydrogen) atoms. The number of ether oxygens (including phenoxy) is 1. The molecule has 194 valence electrons. The summed E-state index contributed by atoms with van der Waals surface area (Å²) >= 11 is 0. The largest absolute Gasteiger partial charge is 0.488 e. The molecule has 0 amide bonds. The van der Waals surface area contributed by atoms with Gasteiger partial charge in [0.2, 0.25) is 10.0 Å². The van der Waals surface area contributed by atoms with Crippen LogP contribution >= 0.6 is 0 Å². The maximum absolute atomic E-state index is 15.8. The third kappa shape index (κ3) is 4.09. The van der Waals surface area contributed by atoms with Gasteiger partial charge in [-0.15, -0.1) is 0 Å². The minimum absolute atomic E-state index is 0.0409. The molecule has 3 aromatic rings. The van der Waals surface area contributed by atoms with Crippen LogP contribution in [-0.4, -0.2) is 67.3 Å². The van der Waals surface area contributed by atoms with E-state index in [0.29, 0.717) is 38.2 Å². The fraction of sp³-hybridized carbons (Fsp3) is 0.462. The van der Waals surface area contributed by atoms with Crippen LogP contribution in [0.1, 0.15) is 37.1 Å². The van der Waals surface area contributed by atoms with Gasteiger partial charge in [-0.25, -0.2) is 17.2 Å². The van der Waals surface area contributed by atoms with Gasteiger partial charge >= 0.3 is 0 Å². The molecule has 3 heterocycles. The van der Waals surface area contributed by atoms with E-state index in [1.54, 1.807) is 13.8 Å². The van der Waals surface area contributed by atoms with Crippen molar-refractivity contribution in [2.45, 2.75) is 44.4 Å². The summed E-state index contributed by atoms with van der Waals surface area (Å²) in [7, 11) is -3.87. The molecular weight excluding hydrogens is 491 g/mol. The first-order valence-electron chi connectivity index (χ1n) is 12.1. The number of alkyl halides is 1. The van der Waals surface area contributed by atoms with Crippen LogP contribution in [0.5, 0.6) is 5.75 Å². The number of hydrogen-bond acceptors (Lipinski definition) is 4. The fourth-order valence-corrected chi connectivity index (χ4v) is 7.56. The zero-order valence-corrected chi connectivity index (χ0v) is 21.3. The number of nitrogens with one attached hydrogen (secondary N) is 1. The van der Waals surface area contributed by atoms with Crippen LogP contribution in [-0.2, 0) is 22.0 Å². The van der Waals surface area contributed by atoms with Gasteiger partial charge in [0.15, 0.2) is 0 Å². The van der Waals surface area contributed by atoms with E-state index in [1.807, 2.05) is 29.2 Å². The van der Waals surface area contributed by atoms with Crippen LogP contribution in [0.15, 0.2) is 36.4 Å². The lowest BCUT2D eigenvalue weighted by Crippen LogP contribution is -2.56. The van der Waals surface area contributed by atoms with Crippen molar-refractivity contribution in [1.82, 2.24) is 14.2 Å². The van der Waals surface area contributed by atoms with E-state index in [2.05, 4.69) is 4.98 Å². The highest BCUT2D eigenvalue weighted by Crippen LogP contribution is 2.48. The summed E-state index contributed by atoms with van der Waals surface area (Å²) in [6.45, 7) is 4.64. The van der Waals surface area contributed by atoms with Crippen molar-refractivity contribution in [2.24, 2.45) is 0 Å². The molecule has 1 fully saturated rings. The van der Waals surface area contributed by atoms with Gasteiger partial charge in [0, 0.05) is 54.4 Å². The maximum atomic E-state index is 15.8. The topological polar surface area (TPSA) is 65.6 Å². The average Bonchev–Trinajstić information content (AvgIpc) is 3.13. The lowest BCUT2D eigenvalue weighted by Gasteiger charge is -2.47. The molecule has 5 rings (SSSR count). The van der Waals surface area contributed by atoms with Gasteiger partial charge in [0.1, 0.15) is 29.0 Å². The summed E-state index contributed by atoms with van der Waals surface area (Å²) in [6, 6.07) is 9.23. The number of rotatable bonds is 7. The van der Waals surface area contributed by atoms with Crippen molar-refractivity contribution >= 4 is 20.9 Å². The highest BCUT2D eigenvalue weighted by Gasteiger charge is 2.52. The standard InChI is InChI=1S/C26H30F3N3O3S/c1-16-11-20-19-7-4-5-8-23(19)30-25(20)26(2,32(16)36(3,33)34)24-21(28)12-17(13-22(24)29)35-18-14-31(15-18)10-6-9-27/h4-5,7-8,12-13,16,18,30H,6,9-11,14-15H2,1-3H3/t16-,26+/m1/s1. The van der Waals surface area contributed by atoms with Crippen LogP contribution in [0.4, 0.5) is 13.2 Å². The third-order valence-corrected chi connectivity index (χ3v) is 8.77. The molecule has 1 aromatic heterocycles. The average molecular weight is 522 g/mol. The minimum atomic E-state index is -3.87. The number of sulfonamides is 1. The second-order valence-electron chi connectivity index (χ2n) is 10.0. The lowest BCUT2D eigenvalue weighted by atomic mass is 9.80. The summed E-state index contributed by atoms with van der Waals surface area (Å²) in [5.41, 5.74) is 0.0900. The quantitative estimate of drug-likeness (QED) is 0.503. The van der Waals surface area contributed by atoms with Gasteiger partial charge < -0.3 is 9.72 Å². The molecule has 2 aromatic carbocycles. The van der Waals surface area contributed by atoms with Crippen molar-refractivity contribution in [3.8, 4) is 5.75 Å². The first kappa shape index (κ1) is 25.1. The number of para-hydroxylation sites is 1. The zero-order valence-electron chi connectivity index (χ0n) is 20.5. The van der Waals surface area contributed by atoms with Crippen LogP contribution in [0.3, 0.4) is 0 Å². The predicted molar refractivity (Wildman–Crippen MR) is 132 cm³/mol. The molecule has 2 atom stereocenters. The summed E-state index contributed by atoms with van der Waals surface area (Å²) in [4.78, 5) is 5.28. The van der Waals surface area contributed by atoms with Crippen LogP contribution in [0, 0.1) is 11.6 Å². The van der Waals surface area contributed by atoms with E-state index in [1.165, 1.54) is 4.31 Å². The molecule has 0 radical (unpaired) electrons. The molecule has 0 aliphatic carbocycles. The Balaban J connectivity index is 1.57. The molecule has 10 heteroatoms. The molecule has 1 N–H and O–H groups in total. The molecule has 0 saturated carbocycles. The Bertz CT molecular complexity index is 1380. The Labute approximate surface area is 209 Å². The second-order valence-corrected chi connectivity index (χ2v) is 11.9. The van der Waals surface area contributed by atoms with Gasteiger partial charge in [0.05, 0.1) is 18.5 Å². The van der Waals surface area contributed by atoms with E-state index >= 15 is 8.78 Å². The Morgan fingerprint density at radius 2 is 1.83 bits per heavy atom. The monoisotopic (exact) mass is 521 g/mol. The number of aromatic nitrogens is 1. The van der Waals surface area contributed by atoms with Gasteiger partial charge in [-0.3, -0.25) is 9.29 Å². The number of H-pyrrole nitrogens is 1. The van der Waals surface area contributed by atoms with Gasteiger partial charge in [-0.1, -0.05) is 18.2 Å². The first-order chi connectivity index (χ1) is 17.0. The smallest absolute Gasteiger partial charge is 0.212 e. The highest BCUT2D eigenvalue weighted by molar-refractivity contribution is 7.88. The summed E-state index contributed by atoms with van der Waals surface area (Å²) < 4.78 is 76.9. The van der Waals surface area contributed by atoms with E-state index in [4.69, 9.17) is 4.74 Å². The molecule has 6 nitrogen and oxygen atoms in total. The van der Waals surface area contributed by atoms with Crippen molar-refractivity contribution in [3.05, 3.63) is 64.9 Å². The summed E-state index contributed by atoms with van der Waals surface area (Å²) in [5, 5.41) is 0.904. The second kappa shape index (κ2) is 9.08. The molecule has 0 unspecified atom stereocenters. The third-order valence-electron chi connectivity index (χ3n) is 7.34. The van der Waals surface area contributed by atoms with E-state index < -0.39 is 33.2 Å². The highest BCUT2D eigenvalue weighted by atomic mass is 32.2. The van der Waals surface area contributed by atoms with Crippen LogP contribution in [0.2, 0.25) is 0 Å². The Morgan fingerprint density at radius 3 is 2.47 bits per heavy atom. The van der Waals surface area contributed by atoms with Gasteiger partial charge in [-0.2, -0.15) is 4.31 Å². The van der Waals surface area contributed by atoms with Crippen molar-refractivity contribution < 1.29 is 26.3 Å². The van der Waals surface area contributed by atoms with Crippen molar-refractivity contribution in [3.63, 3.8) is 0 Å². The normalized spacial score (nSPS) is 23.6. The van der Waals surface area contributed by atoms with E-state index in [0.717, 1.165) is 34.9 Å². The molecular formula is C26H30F3N3O3S. The van der Waals surface area contributed by atoms with Crippen molar-refractivity contribution in [2.75, 3.05) is 32.6 Å². The molecule has 0 bridgehead atoms. The van der Waals surface area contributed by atoms with Crippen molar-refractivity contribution in [1.29, 1.82) is 0 Å². The zero-order chi connectivity index (χ0) is 25.8. The summed E-state index contributed by atoms with van der Waals surface area (Å²) in [6.07, 6.45) is 1.67. The Hall–Kier alpha value is -2.56. The number of nitrogens with zero attached hydrogens (tertiary/aromatic N) is 2. The number of hydrogen-bond donors (Lipinski definition) is 1. The van der Waals surface area contributed by atoms with Crippen LogP contribution < -0.4 is 4.74 Å². The maximum Gasteiger partial charge on any atom is 0.212 e. The van der Waals surface area contributed by atoms with Gasteiger partial charge in [-0.05, 0) is 38.3 Å². The minimum Gasteiger partial charge on any atom is -0.488 e. The molecule has 2 aliphatic heterocycles. The number of aromatic amines is 1.